The van der Waals surface area contributed by atoms with Crippen LogP contribution in [0.3, 0.4) is 0 Å². The average molecular weight is 464 g/mol. The Labute approximate surface area is 180 Å². The van der Waals surface area contributed by atoms with Crippen LogP contribution in [-0.2, 0) is 20.0 Å². The average Bonchev–Trinajstić information content (AvgIpc) is 3.48. The predicted octanol–water partition coefficient (Wildman–Crippen LogP) is 1.93. The maximum absolute atomic E-state index is 12.7. The van der Waals surface area contributed by atoms with Gasteiger partial charge in [-0.2, -0.15) is 0 Å². The van der Waals surface area contributed by atoms with Crippen LogP contribution in [0.15, 0.2) is 52.3 Å². The first-order valence-corrected chi connectivity index (χ1v) is 12.6. The lowest BCUT2D eigenvalue weighted by Gasteiger charge is -2.13. The summed E-state index contributed by atoms with van der Waals surface area (Å²) < 4.78 is 53.2. The van der Waals surface area contributed by atoms with Gasteiger partial charge in [-0.05, 0) is 69.2 Å². The number of nitrogens with zero attached hydrogens (tertiary/aromatic N) is 1. The first kappa shape index (κ1) is 21.5. The van der Waals surface area contributed by atoms with Crippen molar-refractivity contribution in [3.63, 3.8) is 0 Å². The molecule has 1 saturated carbocycles. The van der Waals surface area contributed by atoms with E-state index in [1.165, 1.54) is 42.5 Å². The second-order valence-corrected chi connectivity index (χ2v) is 11.3. The van der Waals surface area contributed by atoms with Gasteiger partial charge in [0.05, 0.1) is 10.5 Å². The van der Waals surface area contributed by atoms with Crippen molar-refractivity contribution in [2.45, 2.75) is 48.6 Å². The van der Waals surface area contributed by atoms with Crippen LogP contribution in [-0.4, -0.2) is 45.0 Å². The van der Waals surface area contributed by atoms with E-state index in [4.69, 9.17) is 0 Å². The van der Waals surface area contributed by atoms with E-state index in [0.29, 0.717) is 18.5 Å². The monoisotopic (exact) mass is 463 g/mol. The Morgan fingerprint density at radius 3 is 2.32 bits per heavy atom. The quantitative estimate of drug-likeness (QED) is 0.673. The molecule has 1 aliphatic carbocycles. The van der Waals surface area contributed by atoms with Gasteiger partial charge in [0.15, 0.2) is 0 Å². The summed E-state index contributed by atoms with van der Waals surface area (Å²) in [5.41, 5.74) is 0.481. The molecule has 0 aromatic heterocycles. The van der Waals surface area contributed by atoms with Gasteiger partial charge < -0.3 is 5.32 Å². The molecule has 0 unspecified atom stereocenters. The highest BCUT2D eigenvalue weighted by atomic mass is 32.2. The summed E-state index contributed by atoms with van der Waals surface area (Å²) in [6, 6.07) is 8.98. The maximum atomic E-state index is 12.7. The van der Waals surface area contributed by atoms with Gasteiger partial charge in [0.1, 0.15) is 4.90 Å². The Balaban J connectivity index is 1.54. The minimum Gasteiger partial charge on any atom is -0.322 e. The summed E-state index contributed by atoms with van der Waals surface area (Å²) in [6.45, 7) is 3.42. The molecule has 0 radical (unpaired) electrons. The second kappa shape index (κ2) is 7.43. The summed E-state index contributed by atoms with van der Waals surface area (Å²) in [4.78, 5) is 25.0. The molecule has 0 saturated heterocycles. The van der Waals surface area contributed by atoms with Crippen LogP contribution in [0.1, 0.15) is 47.4 Å². The van der Waals surface area contributed by atoms with E-state index in [1.807, 2.05) is 0 Å². The molecule has 31 heavy (non-hydrogen) atoms. The normalized spacial score (nSPS) is 17.6. The number of carbonyl (C=O) groups is 2. The van der Waals surface area contributed by atoms with Gasteiger partial charge in [0.2, 0.25) is 10.0 Å². The van der Waals surface area contributed by atoms with E-state index in [2.05, 4.69) is 10.0 Å². The number of carbonyl (C=O) groups excluding carboxylic acids is 2. The van der Waals surface area contributed by atoms with Crippen molar-refractivity contribution >= 4 is 37.5 Å². The van der Waals surface area contributed by atoms with Crippen LogP contribution in [0.4, 0.5) is 5.69 Å². The Morgan fingerprint density at radius 1 is 1.10 bits per heavy atom. The van der Waals surface area contributed by atoms with Crippen LogP contribution >= 0.6 is 0 Å². The van der Waals surface area contributed by atoms with Gasteiger partial charge in [0, 0.05) is 23.3 Å². The number of rotatable bonds is 6. The third-order valence-electron chi connectivity index (χ3n) is 4.90. The van der Waals surface area contributed by atoms with E-state index in [9.17, 15) is 26.4 Å². The lowest BCUT2D eigenvalue weighted by Crippen LogP contribution is -2.31. The third-order valence-corrected chi connectivity index (χ3v) is 8.45. The molecule has 0 bridgehead atoms. The van der Waals surface area contributed by atoms with Gasteiger partial charge in [0.25, 0.3) is 21.8 Å². The standard InChI is InChI=1S/C20H21N3O6S2/c1-12(2)22-30(26,27)16-8-4-14(5-9-16)21-19(24)13-3-10-17-18(11-13)31(28,29)23(20(17)25)15-6-7-15/h3-5,8-12,15,22H,6-7H2,1-2H3,(H,21,24). The first-order chi connectivity index (χ1) is 14.5. The summed E-state index contributed by atoms with van der Waals surface area (Å²) in [5, 5.41) is 2.61. The van der Waals surface area contributed by atoms with Gasteiger partial charge >= 0.3 is 0 Å². The molecule has 1 fully saturated rings. The van der Waals surface area contributed by atoms with E-state index < -0.39 is 31.9 Å². The topological polar surface area (TPSA) is 130 Å². The Kier molecular flexibility index (Phi) is 5.15. The zero-order valence-electron chi connectivity index (χ0n) is 16.8. The lowest BCUT2D eigenvalue weighted by molar-refractivity contribution is 0.0864. The van der Waals surface area contributed by atoms with Crippen LogP contribution < -0.4 is 10.0 Å². The molecule has 11 heteroatoms. The molecule has 9 nitrogen and oxygen atoms in total. The summed E-state index contributed by atoms with van der Waals surface area (Å²) in [6.07, 6.45) is 1.29. The first-order valence-electron chi connectivity index (χ1n) is 9.67. The zero-order valence-corrected chi connectivity index (χ0v) is 18.5. The largest absolute Gasteiger partial charge is 0.322 e. The molecule has 2 aliphatic rings. The lowest BCUT2D eigenvalue weighted by atomic mass is 10.1. The van der Waals surface area contributed by atoms with Crippen molar-refractivity contribution in [3.8, 4) is 0 Å². The summed E-state index contributed by atoms with van der Waals surface area (Å²) in [5.74, 6) is -1.14. The predicted molar refractivity (Wildman–Crippen MR) is 113 cm³/mol. The minimum atomic E-state index is -3.96. The van der Waals surface area contributed by atoms with Crippen molar-refractivity contribution in [2.24, 2.45) is 0 Å². The molecule has 2 aromatic carbocycles. The third kappa shape index (κ3) is 3.95. The maximum Gasteiger partial charge on any atom is 0.269 e. The minimum absolute atomic E-state index is 0.0569. The van der Waals surface area contributed by atoms with Crippen LogP contribution in [0.2, 0.25) is 0 Å². The van der Waals surface area contributed by atoms with Crippen molar-refractivity contribution in [2.75, 3.05) is 5.32 Å². The number of anilines is 1. The molecule has 1 heterocycles. The number of sulfonamides is 2. The van der Waals surface area contributed by atoms with E-state index in [1.54, 1.807) is 13.8 Å². The molecular weight excluding hydrogens is 442 g/mol. The fourth-order valence-electron chi connectivity index (χ4n) is 3.36. The van der Waals surface area contributed by atoms with E-state index in [-0.39, 0.29) is 33.0 Å². The Hall–Kier alpha value is -2.76. The van der Waals surface area contributed by atoms with Gasteiger partial charge in [-0.15, -0.1) is 0 Å². The van der Waals surface area contributed by atoms with Crippen LogP contribution in [0.25, 0.3) is 0 Å². The Bertz CT molecular complexity index is 1280. The van der Waals surface area contributed by atoms with Gasteiger partial charge in [-0.1, -0.05) is 0 Å². The van der Waals surface area contributed by atoms with E-state index >= 15 is 0 Å². The highest BCUT2D eigenvalue weighted by Gasteiger charge is 2.48. The number of fused-ring (bicyclic) bond motifs is 1. The fourth-order valence-corrected chi connectivity index (χ4v) is 6.45. The van der Waals surface area contributed by atoms with Crippen molar-refractivity contribution < 1.29 is 26.4 Å². The number of hydrogen-bond acceptors (Lipinski definition) is 6. The van der Waals surface area contributed by atoms with E-state index in [0.717, 1.165) is 4.31 Å². The SMILES string of the molecule is CC(C)NS(=O)(=O)c1ccc(NC(=O)c2ccc3c(c2)S(=O)(=O)N(C2CC2)C3=O)cc1. The zero-order chi connectivity index (χ0) is 22.6. The smallest absolute Gasteiger partial charge is 0.269 e. The Morgan fingerprint density at radius 2 is 1.74 bits per heavy atom. The summed E-state index contributed by atoms with van der Waals surface area (Å²) >= 11 is 0. The molecule has 4 rings (SSSR count). The number of benzene rings is 2. The van der Waals surface area contributed by atoms with Crippen LogP contribution in [0.5, 0.6) is 0 Å². The highest BCUT2D eigenvalue weighted by Crippen LogP contribution is 2.39. The molecule has 2 aromatic rings. The number of amides is 2. The number of nitrogens with one attached hydrogen (secondary N) is 2. The molecule has 0 atom stereocenters. The van der Waals surface area contributed by atoms with Gasteiger partial charge in [-0.3, -0.25) is 9.59 Å². The van der Waals surface area contributed by atoms with Crippen molar-refractivity contribution in [3.05, 3.63) is 53.6 Å². The van der Waals surface area contributed by atoms with Crippen LogP contribution in [0, 0.1) is 0 Å². The van der Waals surface area contributed by atoms with Crippen molar-refractivity contribution in [1.82, 2.24) is 9.03 Å². The summed E-state index contributed by atoms with van der Waals surface area (Å²) in [7, 11) is -7.62. The fraction of sp³-hybridized carbons (Fsp3) is 0.300. The van der Waals surface area contributed by atoms with Crippen molar-refractivity contribution in [1.29, 1.82) is 0 Å². The molecule has 2 amide bonds. The second-order valence-electron chi connectivity index (χ2n) is 7.80. The number of hydrogen-bond donors (Lipinski definition) is 2. The molecule has 1 aliphatic heterocycles. The molecule has 2 N–H and O–H groups in total. The molecule has 164 valence electrons. The molecule has 0 spiro atoms. The van der Waals surface area contributed by atoms with Gasteiger partial charge in [-0.25, -0.2) is 25.9 Å². The molecular formula is C20H21N3O6S2. The highest BCUT2D eigenvalue weighted by molar-refractivity contribution is 7.90.